The first-order chi connectivity index (χ1) is 4.77. The maximum Gasteiger partial charge on any atom is 0.488 e. The molecule has 0 saturated heterocycles. The van der Waals surface area contributed by atoms with E-state index in [9.17, 15) is 9.46 Å². The maximum absolute atomic E-state index is 9.80. The minimum absolute atomic E-state index is 0.156. The van der Waals surface area contributed by atoms with Gasteiger partial charge in [0, 0.05) is 6.61 Å². The number of hydrogen-bond donors (Lipinski definition) is 1. The molecule has 0 fully saturated rings. The maximum atomic E-state index is 9.80. The standard InChI is InChI=1S/C5H11O4P/c6-4-2-1-3-5-9-10(7)8/h6H,1-5H2. The Balaban J connectivity index is 2.84. The summed E-state index contributed by atoms with van der Waals surface area (Å²) in [4.78, 5) is 9.80. The number of hydrogen-bond acceptors (Lipinski definition) is 4. The molecule has 1 unspecified atom stereocenters. The Morgan fingerprint density at radius 2 is 2.10 bits per heavy atom. The van der Waals surface area contributed by atoms with E-state index in [0.29, 0.717) is 12.8 Å². The molecule has 0 rings (SSSR count). The van der Waals surface area contributed by atoms with E-state index in [4.69, 9.17) is 5.11 Å². The van der Waals surface area contributed by atoms with Gasteiger partial charge in [0.15, 0.2) is 0 Å². The van der Waals surface area contributed by atoms with Crippen LogP contribution in [0.1, 0.15) is 19.3 Å². The lowest BCUT2D eigenvalue weighted by Crippen LogP contribution is -1.94. The van der Waals surface area contributed by atoms with Crippen LogP contribution in [-0.4, -0.2) is 18.3 Å². The van der Waals surface area contributed by atoms with Crippen molar-refractivity contribution >= 4 is 8.25 Å². The summed E-state index contributed by atoms with van der Waals surface area (Å²) in [6, 6.07) is 0. The van der Waals surface area contributed by atoms with Crippen LogP contribution in [0.25, 0.3) is 0 Å². The molecule has 0 saturated carbocycles. The fraction of sp³-hybridized carbons (Fsp3) is 1.00. The van der Waals surface area contributed by atoms with E-state index in [1.54, 1.807) is 0 Å². The zero-order chi connectivity index (χ0) is 7.82. The van der Waals surface area contributed by atoms with Gasteiger partial charge in [-0.15, -0.1) is 4.52 Å². The van der Waals surface area contributed by atoms with E-state index in [1.165, 1.54) is 0 Å². The van der Waals surface area contributed by atoms with E-state index >= 15 is 0 Å². The van der Waals surface area contributed by atoms with Crippen molar-refractivity contribution in [1.29, 1.82) is 0 Å². The molecule has 0 amide bonds. The van der Waals surface area contributed by atoms with E-state index in [-0.39, 0.29) is 13.2 Å². The molecule has 1 atom stereocenters. The van der Waals surface area contributed by atoms with Gasteiger partial charge >= 0.3 is 8.25 Å². The Morgan fingerprint density at radius 3 is 2.60 bits per heavy atom. The predicted molar refractivity (Wildman–Crippen MR) is 34.5 cm³/mol. The van der Waals surface area contributed by atoms with Crippen molar-refractivity contribution in [2.24, 2.45) is 0 Å². The minimum Gasteiger partial charge on any atom is -0.566 e. The summed E-state index contributed by atoms with van der Waals surface area (Å²) in [5.41, 5.74) is 0. The lowest BCUT2D eigenvalue weighted by Gasteiger charge is -1.93. The van der Waals surface area contributed by atoms with Gasteiger partial charge in [-0.25, -0.2) is 0 Å². The summed E-state index contributed by atoms with van der Waals surface area (Å²) in [5.74, 6) is 0. The van der Waals surface area contributed by atoms with Crippen LogP contribution in [0.15, 0.2) is 0 Å². The summed E-state index contributed by atoms with van der Waals surface area (Å²) in [6.45, 7) is 0.391. The quantitative estimate of drug-likeness (QED) is 0.451. The molecule has 5 heteroatoms. The van der Waals surface area contributed by atoms with Crippen LogP contribution in [0, 0.1) is 0 Å². The van der Waals surface area contributed by atoms with Crippen LogP contribution in [-0.2, 0) is 9.09 Å². The van der Waals surface area contributed by atoms with Gasteiger partial charge in [0.1, 0.15) is 6.61 Å². The Kier molecular flexibility index (Phi) is 7.08. The van der Waals surface area contributed by atoms with Crippen molar-refractivity contribution in [3.63, 3.8) is 0 Å². The Hall–Kier alpha value is -0.0200. The van der Waals surface area contributed by atoms with Crippen molar-refractivity contribution in [2.75, 3.05) is 13.2 Å². The van der Waals surface area contributed by atoms with Crippen molar-refractivity contribution in [3.8, 4) is 0 Å². The molecule has 0 spiro atoms. The SMILES string of the molecule is O=[P+]([O-])OCCCCCO. The highest BCUT2D eigenvalue weighted by Gasteiger charge is 1.98. The molecule has 60 valence electrons. The first-order valence-corrected chi connectivity index (χ1v) is 4.25. The van der Waals surface area contributed by atoms with Gasteiger partial charge in [-0.2, -0.15) is 0 Å². The summed E-state index contributed by atoms with van der Waals surface area (Å²) >= 11 is 0. The predicted octanol–water partition coefficient (Wildman–Crippen LogP) is 0.183. The van der Waals surface area contributed by atoms with Gasteiger partial charge < -0.3 is 10.00 Å². The molecule has 0 aliphatic heterocycles. The summed E-state index contributed by atoms with van der Waals surface area (Å²) in [6.07, 6.45) is 2.20. The van der Waals surface area contributed by atoms with E-state index < -0.39 is 8.25 Å². The lowest BCUT2D eigenvalue weighted by atomic mass is 10.2. The molecule has 0 bridgehead atoms. The summed E-state index contributed by atoms with van der Waals surface area (Å²) in [7, 11) is -2.68. The van der Waals surface area contributed by atoms with Crippen molar-refractivity contribution in [1.82, 2.24) is 0 Å². The van der Waals surface area contributed by atoms with Gasteiger partial charge in [-0.3, -0.25) is 0 Å². The molecule has 1 N–H and O–H groups in total. The van der Waals surface area contributed by atoms with Crippen LogP contribution in [0.2, 0.25) is 0 Å². The second-order valence-corrected chi connectivity index (χ2v) is 2.55. The molecule has 10 heavy (non-hydrogen) atoms. The van der Waals surface area contributed by atoms with Crippen LogP contribution >= 0.6 is 8.25 Å². The van der Waals surface area contributed by atoms with Gasteiger partial charge in [0.25, 0.3) is 0 Å². The Morgan fingerprint density at radius 1 is 1.40 bits per heavy atom. The second kappa shape index (κ2) is 7.09. The van der Waals surface area contributed by atoms with E-state index in [2.05, 4.69) is 4.52 Å². The third kappa shape index (κ3) is 7.98. The molecular weight excluding hydrogens is 155 g/mol. The first kappa shape index (κ1) is 9.98. The van der Waals surface area contributed by atoms with E-state index in [0.717, 1.165) is 6.42 Å². The molecule has 4 nitrogen and oxygen atoms in total. The highest BCUT2D eigenvalue weighted by atomic mass is 31.1. The summed E-state index contributed by atoms with van der Waals surface area (Å²) < 4.78 is 14.1. The molecule has 0 aliphatic rings. The topological polar surface area (TPSA) is 69.6 Å². The molecule has 0 radical (unpaired) electrons. The normalized spacial score (nSPS) is 11.6. The fourth-order valence-corrected chi connectivity index (χ4v) is 0.808. The monoisotopic (exact) mass is 166 g/mol. The van der Waals surface area contributed by atoms with Crippen LogP contribution in [0.4, 0.5) is 0 Å². The largest absolute Gasteiger partial charge is 0.566 e. The summed E-state index contributed by atoms with van der Waals surface area (Å²) in [5, 5.41) is 8.31. The van der Waals surface area contributed by atoms with Crippen molar-refractivity contribution in [3.05, 3.63) is 0 Å². The van der Waals surface area contributed by atoms with Gasteiger partial charge in [0.05, 0.1) is 0 Å². The van der Waals surface area contributed by atoms with Crippen molar-refractivity contribution in [2.45, 2.75) is 19.3 Å². The molecule has 0 heterocycles. The van der Waals surface area contributed by atoms with Gasteiger partial charge in [0.2, 0.25) is 0 Å². The molecule has 0 aliphatic carbocycles. The van der Waals surface area contributed by atoms with Crippen LogP contribution in [0.5, 0.6) is 0 Å². The molecule has 0 aromatic rings. The first-order valence-electron chi connectivity index (χ1n) is 3.15. The average molecular weight is 166 g/mol. The van der Waals surface area contributed by atoms with E-state index in [1.807, 2.05) is 0 Å². The number of aliphatic hydroxyl groups is 1. The molecule has 0 aromatic carbocycles. The third-order valence-electron chi connectivity index (χ3n) is 0.999. The van der Waals surface area contributed by atoms with Gasteiger partial charge in [-0.1, -0.05) is 0 Å². The lowest BCUT2D eigenvalue weighted by molar-refractivity contribution is -0.185. The number of rotatable bonds is 6. The number of unbranched alkanes of at least 4 members (excludes halogenated alkanes) is 2. The zero-order valence-corrected chi connectivity index (χ0v) is 6.55. The highest BCUT2D eigenvalue weighted by Crippen LogP contribution is 2.09. The van der Waals surface area contributed by atoms with Crippen LogP contribution < -0.4 is 4.89 Å². The smallest absolute Gasteiger partial charge is 0.488 e. The van der Waals surface area contributed by atoms with Crippen LogP contribution in [0.3, 0.4) is 0 Å². The minimum atomic E-state index is -2.68. The second-order valence-electron chi connectivity index (χ2n) is 1.84. The fourth-order valence-electron chi connectivity index (χ4n) is 0.530. The molecular formula is C5H11O4P. The van der Waals surface area contributed by atoms with Gasteiger partial charge in [-0.05, 0) is 23.8 Å². The Labute approximate surface area is 60.8 Å². The zero-order valence-electron chi connectivity index (χ0n) is 5.65. The average Bonchev–Trinajstić information content (AvgIpc) is 1.87. The van der Waals surface area contributed by atoms with Crippen molar-refractivity contribution < 1.29 is 19.1 Å². The number of aliphatic hydroxyl groups excluding tert-OH is 1. The molecule has 0 aromatic heterocycles. The third-order valence-corrected chi connectivity index (χ3v) is 1.39. The Bertz CT molecular complexity index is 95.6. The highest BCUT2D eigenvalue weighted by molar-refractivity contribution is 7.30.